The lowest BCUT2D eigenvalue weighted by Gasteiger charge is -2.58. The van der Waals surface area contributed by atoms with Crippen molar-refractivity contribution >= 4 is 45.3 Å². The number of hydrazine groups is 1. The lowest BCUT2D eigenvalue weighted by Crippen LogP contribution is -2.56. The van der Waals surface area contributed by atoms with Gasteiger partial charge in [-0.3, -0.25) is 25.2 Å². The number of hydrogen-bond acceptors (Lipinski definition) is 5. The van der Waals surface area contributed by atoms with E-state index in [0.29, 0.717) is 22.6 Å². The van der Waals surface area contributed by atoms with E-state index < -0.39 is 23.8 Å². The van der Waals surface area contributed by atoms with E-state index in [1.165, 1.54) is 19.6 Å². The van der Waals surface area contributed by atoms with Gasteiger partial charge in [0, 0.05) is 9.35 Å². The fourth-order valence-corrected chi connectivity index (χ4v) is 7.39. The van der Waals surface area contributed by atoms with Crippen molar-refractivity contribution in [2.75, 3.05) is 13.7 Å². The highest BCUT2D eigenvalue weighted by atomic mass is 79.9. The molecule has 7 nitrogen and oxygen atoms in total. The first-order valence-corrected chi connectivity index (χ1v) is 11.2. The van der Waals surface area contributed by atoms with Gasteiger partial charge < -0.3 is 9.47 Å². The summed E-state index contributed by atoms with van der Waals surface area (Å²) in [6.07, 6.45) is 5.84. The van der Waals surface area contributed by atoms with Crippen LogP contribution in [0.2, 0.25) is 5.02 Å². The second-order valence-electron chi connectivity index (χ2n) is 8.82. The molecule has 0 saturated heterocycles. The van der Waals surface area contributed by atoms with Crippen LogP contribution in [0.5, 0.6) is 5.75 Å². The molecule has 0 heterocycles. The Morgan fingerprint density at radius 2 is 1.87 bits per heavy atom. The van der Waals surface area contributed by atoms with Gasteiger partial charge in [-0.2, -0.15) is 0 Å². The maximum absolute atomic E-state index is 12.9. The quantitative estimate of drug-likeness (QED) is 0.368. The molecule has 2 amide bonds. The topological polar surface area (TPSA) is 93.7 Å². The zero-order chi connectivity index (χ0) is 21.5. The average molecular weight is 500 g/mol. The SMILES string of the molecule is COc1ccc(Cl)cc1C(=O)NNC(=O)COC(=O)C12C[C@@H]3C[C@@H](CC(Br)(C3)C1)C2. The first kappa shape index (κ1) is 21.4. The Kier molecular flexibility index (Phi) is 5.74. The van der Waals surface area contributed by atoms with Crippen LogP contribution >= 0.6 is 27.5 Å². The van der Waals surface area contributed by atoms with Crippen molar-refractivity contribution in [2.45, 2.75) is 42.8 Å². The van der Waals surface area contributed by atoms with Crippen LogP contribution in [0.25, 0.3) is 0 Å². The number of alkyl halides is 1. The molecule has 0 radical (unpaired) electrons. The Morgan fingerprint density at radius 3 is 2.50 bits per heavy atom. The number of amides is 2. The van der Waals surface area contributed by atoms with Crippen molar-refractivity contribution in [2.24, 2.45) is 17.3 Å². The molecule has 5 rings (SSSR count). The minimum atomic E-state index is -0.615. The molecule has 4 bridgehead atoms. The Labute approximate surface area is 188 Å². The number of nitrogens with one attached hydrogen (secondary N) is 2. The number of benzene rings is 1. The molecule has 2 N–H and O–H groups in total. The molecule has 0 spiro atoms. The van der Waals surface area contributed by atoms with Crippen LogP contribution in [0.15, 0.2) is 18.2 Å². The van der Waals surface area contributed by atoms with Crippen LogP contribution in [-0.4, -0.2) is 35.8 Å². The van der Waals surface area contributed by atoms with Gasteiger partial charge in [0.25, 0.3) is 11.8 Å². The molecule has 9 heteroatoms. The number of ether oxygens (including phenoxy) is 2. The molecule has 1 aromatic rings. The highest BCUT2D eigenvalue weighted by Crippen LogP contribution is 2.64. The predicted octanol–water partition coefficient (Wildman–Crippen LogP) is 3.39. The van der Waals surface area contributed by atoms with Crippen LogP contribution < -0.4 is 15.6 Å². The predicted molar refractivity (Wildman–Crippen MR) is 113 cm³/mol. The van der Waals surface area contributed by atoms with Gasteiger partial charge >= 0.3 is 5.97 Å². The largest absolute Gasteiger partial charge is 0.496 e. The summed E-state index contributed by atoms with van der Waals surface area (Å²) in [7, 11) is 1.43. The van der Waals surface area contributed by atoms with Gasteiger partial charge in [-0.1, -0.05) is 27.5 Å². The van der Waals surface area contributed by atoms with Crippen LogP contribution in [0.3, 0.4) is 0 Å². The van der Waals surface area contributed by atoms with E-state index >= 15 is 0 Å². The van der Waals surface area contributed by atoms with Crippen molar-refractivity contribution in [3.8, 4) is 5.75 Å². The van der Waals surface area contributed by atoms with Crippen LogP contribution in [0, 0.1) is 17.3 Å². The Morgan fingerprint density at radius 1 is 1.17 bits per heavy atom. The summed E-state index contributed by atoms with van der Waals surface area (Å²) >= 11 is 9.79. The van der Waals surface area contributed by atoms with Crippen LogP contribution in [-0.2, 0) is 14.3 Å². The fraction of sp³-hybridized carbons (Fsp3) is 0.571. The maximum Gasteiger partial charge on any atom is 0.312 e. The molecule has 1 aromatic carbocycles. The first-order chi connectivity index (χ1) is 14.2. The molecule has 162 valence electrons. The Balaban J connectivity index is 1.30. The minimum absolute atomic E-state index is 0.0301. The van der Waals surface area contributed by atoms with E-state index in [2.05, 4.69) is 26.8 Å². The van der Waals surface area contributed by atoms with Crippen LogP contribution in [0.4, 0.5) is 0 Å². The van der Waals surface area contributed by atoms with Crippen molar-refractivity contribution in [3.63, 3.8) is 0 Å². The summed E-state index contributed by atoms with van der Waals surface area (Å²) in [4.78, 5) is 37.3. The lowest BCUT2D eigenvalue weighted by atomic mass is 9.49. The van der Waals surface area contributed by atoms with Gasteiger partial charge in [0.2, 0.25) is 0 Å². The number of carbonyl (C=O) groups excluding carboxylic acids is 3. The second kappa shape index (κ2) is 8.04. The van der Waals surface area contributed by atoms with E-state index in [4.69, 9.17) is 21.1 Å². The number of methoxy groups -OCH3 is 1. The maximum atomic E-state index is 12.9. The Hall–Kier alpha value is -1.80. The molecular weight excluding hydrogens is 476 g/mol. The highest BCUT2D eigenvalue weighted by molar-refractivity contribution is 9.10. The zero-order valence-electron chi connectivity index (χ0n) is 16.6. The average Bonchev–Trinajstić information content (AvgIpc) is 2.68. The molecule has 4 saturated carbocycles. The third kappa shape index (κ3) is 4.17. The van der Waals surface area contributed by atoms with Crippen molar-refractivity contribution in [1.82, 2.24) is 10.9 Å². The first-order valence-electron chi connectivity index (χ1n) is 10.0. The summed E-state index contributed by atoms with van der Waals surface area (Å²) < 4.78 is 10.5. The zero-order valence-corrected chi connectivity index (χ0v) is 19.0. The molecule has 4 fully saturated rings. The molecular formula is C21H24BrClN2O5. The summed E-state index contributed by atoms with van der Waals surface area (Å²) in [5.74, 6) is -0.105. The molecule has 0 aromatic heterocycles. The van der Waals surface area contributed by atoms with Gasteiger partial charge in [-0.05, 0) is 68.6 Å². The van der Waals surface area contributed by atoms with E-state index in [0.717, 1.165) is 32.1 Å². The van der Waals surface area contributed by atoms with E-state index in [1.54, 1.807) is 12.1 Å². The third-order valence-electron chi connectivity index (χ3n) is 6.48. The van der Waals surface area contributed by atoms with E-state index in [9.17, 15) is 14.4 Å². The van der Waals surface area contributed by atoms with Gasteiger partial charge in [0.15, 0.2) is 6.61 Å². The molecule has 4 aliphatic carbocycles. The summed E-state index contributed by atoms with van der Waals surface area (Å²) in [5, 5.41) is 0.362. The van der Waals surface area contributed by atoms with Crippen molar-refractivity contribution in [3.05, 3.63) is 28.8 Å². The fourth-order valence-electron chi connectivity index (χ4n) is 5.76. The smallest absolute Gasteiger partial charge is 0.312 e. The van der Waals surface area contributed by atoms with Gasteiger partial charge in [0.05, 0.1) is 18.1 Å². The standard InChI is InChI=1S/C21H24BrClN2O5/c1-29-16-3-2-14(23)5-15(16)18(27)25-24-17(26)10-30-19(28)20-6-12-4-13(7-20)9-21(22,8-12)11-20/h2-3,5,12-13H,4,6-11H2,1H3,(H,24,26)(H,25,27)/t12-,13+,20?,21?. The third-order valence-corrected chi connectivity index (χ3v) is 7.64. The highest BCUT2D eigenvalue weighted by Gasteiger charge is 2.60. The van der Waals surface area contributed by atoms with E-state index in [1.807, 2.05) is 0 Å². The number of hydrogen-bond donors (Lipinski definition) is 2. The summed E-state index contributed by atoms with van der Waals surface area (Å²) in [6.45, 7) is -0.446. The monoisotopic (exact) mass is 498 g/mol. The molecule has 2 unspecified atom stereocenters. The number of esters is 1. The second-order valence-corrected chi connectivity index (χ2v) is 10.9. The summed E-state index contributed by atoms with van der Waals surface area (Å²) in [6, 6.07) is 4.59. The van der Waals surface area contributed by atoms with Gasteiger partial charge in [-0.25, -0.2) is 0 Å². The molecule has 4 atom stereocenters. The number of carbonyl (C=O) groups is 3. The van der Waals surface area contributed by atoms with Gasteiger partial charge in [0.1, 0.15) is 5.75 Å². The van der Waals surface area contributed by atoms with Crippen molar-refractivity contribution in [1.29, 1.82) is 0 Å². The lowest BCUT2D eigenvalue weighted by molar-refractivity contribution is -0.171. The van der Waals surface area contributed by atoms with Gasteiger partial charge in [-0.15, -0.1) is 0 Å². The number of rotatable bonds is 5. The molecule has 0 aliphatic heterocycles. The number of halogens is 2. The molecule has 4 aliphatic rings. The summed E-state index contributed by atoms with van der Waals surface area (Å²) in [5.41, 5.74) is 4.24. The minimum Gasteiger partial charge on any atom is -0.496 e. The Bertz CT molecular complexity index is 878. The normalized spacial score (nSPS) is 31.2. The molecule has 30 heavy (non-hydrogen) atoms. The van der Waals surface area contributed by atoms with E-state index in [-0.39, 0.29) is 15.9 Å². The van der Waals surface area contributed by atoms with Crippen LogP contribution in [0.1, 0.15) is 48.9 Å². The van der Waals surface area contributed by atoms with Crippen molar-refractivity contribution < 1.29 is 23.9 Å².